The Morgan fingerprint density at radius 1 is 1.03 bits per heavy atom. The molecule has 0 saturated heterocycles. The molecule has 0 radical (unpaired) electrons. The van der Waals surface area contributed by atoms with Gasteiger partial charge in [0.05, 0.1) is 16.0 Å². The number of halogens is 1. The smallest absolute Gasteiger partial charge is 0.269 e. The van der Waals surface area contributed by atoms with Gasteiger partial charge in [-0.2, -0.15) is 0 Å². The highest BCUT2D eigenvalue weighted by Gasteiger charge is 2.13. The van der Waals surface area contributed by atoms with Crippen LogP contribution in [0.4, 0.5) is 11.4 Å². The number of ether oxygens (including phenoxy) is 2. The number of hydrogen-bond acceptors (Lipinski definition) is 5. The second kappa shape index (κ2) is 10.1. The van der Waals surface area contributed by atoms with E-state index in [9.17, 15) is 10.1 Å². The Balaban J connectivity index is 1.73. The zero-order chi connectivity index (χ0) is 21.5. The summed E-state index contributed by atoms with van der Waals surface area (Å²) in [5.74, 6) is 1.25. The Bertz CT molecular complexity index is 1020. The lowest BCUT2D eigenvalue weighted by Gasteiger charge is -2.16. The monoisotopic (exact) mass is 470 g/mol. The van der Waals surface area contributed by atoms with Crippen LogP contribution in [0, 0.1) is 17.0 Å². The van der Waals surface area contributed by atoms with Crippen LogP contribution in [0.1, 0.15) is 23.6 Å². The van der Waals surface area contributed by atoms with Gasteiger partial charge >= 0.3 is 0 Å². The Kier molecular flexibility index (Phi) is 7.30. The molecule has 0 fully saturated rings. The molecule has 30 heavy (non-hydrogen) atoms. The van der Waals surface area contributed by atoms with Gasteiger partial charge in [-0.25, -0.2) is 0 Å². The largest absolute Gasteiger partial charge is 0.490 e. The average molecular weight is 471 g/mol. The Hall–Kier alpha value is -3.06. The van der Waals surface area contributed by atoms with Crippen LogP contribution >= 0.6 is 15.9 Å². The fraction of sp³-hybridized carbons (Fsp3) is 0.217. The summed E-state index contributed by atoms with van der Waals surface area (Å²) in [6, 6.07) is 18.5. The Morgan fingerprint density at radius 3 is 2.47 bits per heavy atom. The first kappa shape index (κ1) is 21.6. The lowest BCUT2D eigenvalue weighted by molar-refractivity contribution is -0.384. The SMILES string of the molecule is CCOc1cc(CNc2cccc(C)c2)cc(Br)c1OCc1ccc([N+](=O)[O-])cc1. The molecule has 156 valence electrons. The van der Waals surface area contributed by atoms with Gasteiger partial charge in [-0.3, -0.25) is 10.1 Å². The van der Waals surface area contributed by atoms with Crippen molar-refractivity contribution < 1.29 is 14.4 Å². The highest BCUT2D eigenvalue weighted by Crippen LogP contribution is 2.37. The van der Waals surface area contributed by atoms with Gasteiger partial charge in [0.1, 0.15) is 6.61 Å². The number of aryl methyl sites for hydroxylation is 1. The lowest BCUT2D eigenvalue weighted by atomic mass is 10.1. The standard InChI is InChI=1S/C23H23BrN2O4/c1-3-29-22-13-18(14-25-19-6-4-5-16(2)11-19)12-21(24)23(22)30-15-17-7-9-20(10-8-17)26(27)28/h4-13,25H,3,14-15H2,1-2H3. The van der Waals surface area contributed by atoms with E-state index in [0.717, 1.165) is 21.3 Å². The molecule has 1 N–H and O–H groups in total. The van der Waals surface area contributed by atoms with Crippen LogP contribution in [0.15, 0.2) is 65.1 Å². The summed E-state index contributed by atoms with van der Waals surface area (Å²) in [6.45, 7) is 5.41. The topological polar surface area (TPSA) is 73.6 Å². The van der Waals surface area contributed by atoms with Crippen LogP contribution in [-0.4, -0.2) is 11.5 Å². The van der Waals surface area contributed by atoms with Crippen LogP contribution in [0.2, 0.25) is 0 Å². The number of benzene rings is 3. The van der Waals surface area contributed by atoms with Gasteiger partial charge in [0.15, 0.2) is 11.5 Å². The maximum atomic E-state index is 10.8. The summed E-state index contributed by atoms with van der Waals surface area (Å²) in [4.78, 5) is 10.4. The molecule has 0 spiro atoms. The first-order valence-corrected chi connectivity index (χ1v) is 10.4. The molecule has 0 bridgehead atoms. The van der Waals surface area contributed by atoms with E-state index >= 15 is 0 Å². The minimum absolute atomic E-state index is 0.0559. The van der Waals surface area contributed by atoms with Crippen molar-refractivity contribution >= 4 is 27.3 Å². The second-order valence-corrected chi connectivity index (χ2v) is 7.63. The van der Waals surface area contributed by atoms with Gasteiger partial charge in [-0.1, -0.05) is 12.1 Å². The van der Waals surface area contributed by atoms with Crippen LogP contribution in [-0.2, 0) is 13.2 Å². The maximum Gasteiger partial charge on any atom is 0.269 e. The van der Waals surface area contributed by atoms with Crippen molar-refractivity contribution in [2.45, 2.75) is 27.0 Å². The molecule has 7 heteroatoms. The Morgan fingerprint density at radius 2 is 1.80 bits per heavy atom. The minimum atomic E-state index is -0.419. The van der Waals surface area contributed by atoms with Crippen LogP contribution in [0.3, 0.4) is 0 Å². The fourth-order valence-electron chi connectivity index (χ4n) is 2.96. The number of hydrogen-bond donors (Lipinski definition) is 1. The predicted molar refractivity (Wildman–Crippen MR) is 121 cm³/mol. The van der Waals surface area contributed by atoms with Gasteiger partial charge in [-0.05, 0) is 82.9 Å². The molecule has 0 atom stereocenters. The number of anilines is 1. The van der Waals surface area contributed by atoms with Crippen molar-refractivity contribution in [1.29, 1.82) is 0 Å². The molecule has 0 saturated carbocycles. The van der Waals surface area contributed by atoms with E-state index in [2.05, 4.69) is 40.3 Å². The molecule has 0 aromatic heterocycles. The first-order chi connectivity index (χ1) is 14.5. The molecule has 3 rings (SSSR count). The van der Waals surface area contributed by atoms with E-state index in [1.165, 1.54) is 17.7 Å². The van der Waals surface area contributed by atoms with E-state index in [0.29, 0.717) is 24.7 Å². The number of non-ortho nitro benzene ring substituents is 1. The summed E-state index contributed by atoms with van der Waals surface area (Å²) in [5, 5.41) is 14.2. The minimum Gasteiger partial charge on any atom is -0.490 e. The molecule has 3 aromatic rings. The van der Waals surface area contributed by atoms with Crippen molar-refractivity contribution in [3.05, 3.63) is 91.9 Å². The first-order valence-electron chi connectivity index (χ1n) is 9.58. The normalized spacial score (nSPS) is 10.5. The zero-order valence-corrected chi connectivity index (χ0v) is 18.4. The van der Waals surface area contributed by atoms with E-state index in [4.69, 9.17) is 9.47 Å². The maximum absolute atomic E-state index is 10.8. The van der Waals surface area contributed by atoms with Crippen molar-refractivity contribution in [1.82, 2.24) is 0 Å². The van der Waals surface area contributed by atoms with Crippen molar-refractivity contribution in [3.63, 3.8) is 0 Å². The predicted octanol–water partition coefficient (Wildman–Crippen LogP) is 6.26. The molecular weight excluding hydrogens is 448 g/mol. The molecule has 0 aliphatic carbocycles. The number of nitro benzene ring substituents is 1. The van der Waals surface area contributed by atoms with Gasteiger partial charge in [0.2, 0.25) is 0 Å². The zero-order valence-electron chi connectivity index (χ0n) is 16.9. The van der Waals surface area contributed by atoms with Gasteiger partial charge in [-0.15, -0.1) is 0 Å². The summed E-state index contributed by atoms with van der Waals surface area (Å²) in [7, 11) is 0. The number of nitro groups is 1. The number of nitrogens with zero attached hydrogens (tertiary/aromatic N) is 1. The molecule has 0 unspecified atom stereocenters. The van der Waals surface area contributed by atoms with E-state index in [1.807, 2.05) is 31.2 Å². The van der Waals surface area contributed by atoms with Crippen LogP contribution in [0.5, 0.6) is 11.5 Å². The number of rotatable bonds is 9. The van der Waals surface area contributed by atoms with Gasteiger partial charge < -0.3 is 14.8 Å². The molecule has 0 amide bonds. The Labute approximate surface area is 184 Å². The van der Waals surface area contributed by atoms with E-state index < -0.39 is 4.92 Å². The average Bonchev–Trinajstić information content (AvgIpc) is 2.72. The van der Waals surface area contributed by atoms with Crippen LogP contribution in [0.25, 0.3) is 0 Å². The number of nitrogens with one attached hydrogen (secondary N) is 1. The summed E-state index contributed by atoms with van der Waals surface area (Å²) >= 11 is 3.59. The van der Waals surface area contributed by atoms with Crippen molar-refractivity contribution in [2.75, 3.05) is 11.9 Å². The third-order valence-electron chi connectivity index (χ3n) is 4.41. The quantitative estimate of drug-likeness (QED) is 0.295. The van der Waals surface area contributed by atoms with Crippen LogP contribution < -0.4 is 14.8 Å². The van der Waals surface area contributed by atoms with E-state index in [-0.39, 0.29) is 12.3 Å². The highest BCUT2D eigenvalue weighted by atomic mass is 79.9. The molecule has 0 aliphatic heterocycles. The molecular formula is C23H23BrN2O4. The molecule has 0 aliphatic rings. The van der Waals surface area contributed by atoms with Crippen molar-refractivity contribution in [2.24, 2.45) is 0 Å². The second-order valence-electron chi connectivity index (χ2n) is 6.77. The molecule has 6 nitrogen and oxygen atoms in total. The molecule has 3 aromatic carbocycles. The summed E-state index contributed by atoms with van der Waals surface area (Å²) in [5.41, 5.74) is 4.20. The van der Waals surface area contributed by atoms with Gasteiger partial charge in [0, 0.05) is 24.4 Å². The van der Waals surface area contributed by atoms with E-state index in [1.54, 1.807) is 12.1 Å². The summed E-state index contributed by atoms with van der Waals surface area (Å²) < 4.78 is 12.6. The van der Waals surface area contributed by atoms with Gasteiger partial charge in [0.25, 0.3) is 5.69 Å². The third kappa shape index (κ3) is 5.73. The fourth-order valence-corrected chi connectivity index (χ4v) is 3.56. The third-order valence-corrected chi connectivity index (χ3v) is 5.00. The molecule has 0 heterocycles. The highest BCUT2D eigenvalue weighted by molar-refractivity contribution is 9.10. The van der Waals surface area contributed by atoms with Crippen molar-refractivity contribution in [3.8, 4) is 11.5 Å². The lowest BCUT2D eigenvalue weighted by Crippen LogP contribution is -2.04. The summed E-state index contributed by atoms with van der Waals surface area (Å²) in [6.07, 6.45) is 0.